The minimum absolute atomic E-state index is 0.0952. The summed E-state index contributed by atoms with van der Waals surface area (Å²) in [6, 6.07) is 0. The molecule has 1 atom stereocenters. The molecule has 470 valence electrons. The molecule has 82 heavy (non-hydrogen) atoms. The maximum absolute atomic E-state index is 12.9. The average Bonchev–Trinajstić information content (AvgIpc) is 3.47. The molecule has 0 saturated heterocycles. The van der Waals surface area contributed by atoms with Crippen LogP contribution >= 0.6 is 0 Å². The van der Waals surface area contributed by atoms with Crippen LogP contribution in [-0.4, -0.2) is 37.2 Å². The topological polar surface area (TPSA) is 78.9 Å². The van der Waals surface area contributed by atoms with Crippen LogP contribution < -0.4 is 0 Å². The largest absolute Gasteiger partial charge is 0.462 e. The molecule has 0 bridgehead atoms. The van der Waals surface area contributed by atoms with E-state index in [0.717, 1.165) is 96.3 Å². The van der Waals surface area contributed by atoms with Crippen LogP contribution in [0.5, 0.6) is 0 Å². The Hall–Kier alpha value is -3.93. The third-order valence-electron chi connectivity index (χ3n) is 15.0. The second-order valence-electron chi connectivity index (χ2n) is 23.0. The van der Waals surface area contributed by atoms with Crippen molar-refractivity contribution in [2.45, 2.75) is 341 Å². The number of esters is 3. The minimum atomic E-state index is -0.804. The van der Waals surface area contributed by atoms with Crippen LogP contribution in [0.25, 0.3) is 0 Å². The van der Waals surface area contributed by atoms with Crippen molar-refractivity contribution >= 4 is 17.9 Å². The fourth-order valence-corrected chi connectivity index (χ4v) is 9.90. The Balaban J connectivity index is 4.15. The summed E-state index contributed by atoms with van der Waals surface area (Å²) >= 11 is 0. The van der Waals surface area contributed by atoms with E-state index in [4.69, 9.17) is 14.2 Å². The summed E-state index contributed by atoms with van der Waals surface area (Å²) in [4.78, 5) is 38.3. The first-order valence-corrected chi connectivity index (χ1v) is 34.9. The molecular formula is C76H130O6. The van der Waals surface area contributed by atoms with E-state index in [1.807, 2.05) is 6.08 Å². The zero-order chi connectivity index (χ0) is 59.2. The molecule has 0 aliphatic carbocycles. The van der Waals surface area contributed by atoms with Gasteiger partial charge in [-0.1, -0.05) is 336 Å². The van der Waals surface area contributed by atoms with E-state index >= 15 is 0 Å². The van der Waals surface area contributed by atoms with E-state index in [0.29, 0.717) is 19.3 Å². The Morgan fingerprint density at radius 2 is 0.500 bits per heavy atom. The normalized spacial score (nSPS) is 12.8. The predicted molar refractivity (Wildman–Crippen MR) is 357 cm³/mol. The summed E-state index contributed by atoms with van der Waals surface area (Å²) in [6.45, 7) is 6.38. The second kappa shape index (κ2) is 69.6. The molecule has 0 aromatic heterocycles. The van der Waals surface area contributed by atoms with E-state index < -0.39 is 6.10 Å². The summed E-state index contributed by atoms with van der Waals surface area (Å²) in [5, 5.41) is 0. The van der Waals surface area contributed by atoms with Gasteiger partial charge in [0.25, 0.3) is 0 Å². The van der Waals surface area contributed by atoms with Crippen LogP contribution in [0.1, 0.15) is 335 Å². The molecule has 0 saturated carbocycles. The first-order chi connectivity index (χ1) is 40.5. The molecule has 0 aromatic carbocycles. The van der Waals surface area contributed by atoms with Gasteiger partial charge in [-0.3, -0.25) is 14.4 Å². The van der Waals surface area contributed by atoms with Gasteiger partial charge in [0.05, 0.1) is 0 Å². The molecular weight excluding hydrogens is 1010 g/mol. The number of rotatable bonds is 63. The molecule has 0 spiro atoms. The Morgan fingerprint density at radius 3 is 0.817 bits per heavy atom. The van der Waals surface area contributed by atoms with Gasteiger partial charge in [-0.2, -0.15) is 0 Å². The smallest absolute Gasteiger partial charge is 0.306 e. The highest BCUT2D eigenvalue weighted by atomic mass is 16.6. The molecule has 0 aromatic rings. The van der Waals surface area contributed by atoms with Gasteiger partial charge < -0.3 is 14.2 Å². The summed E-state index contributed by atoms with van der Waals surface area (Å²) in [6.07, 6.45) is 95.8. The molecule has 6 nitrogen and oxygen atoms in total. The minimum Gasteiger partial charge on any atom is -0.462 e. The number of ether oxygens (including phenoxy) is 3. The lowest BCUT2D eigenvalue weighted by atomic mass is 10.0. The Kier molecular flexibility index (Phi) is 66.2. The van der Waals surface area contributed by atoms with Crippen LogP contribution in [0.15, 0.2) is 109 Å². The van der Waals surface area contributed by atoms with Gasteiger partial charge in [-0.15, -0.1) is 0 Å². The number of allylic oxidation sites excluding steroid dienone is 18. The highest BCUT2D eigenvalue weighted by molar-refractivity contribution is 5.71. The number of hydrogen-bond donors (Lipinski definition) is 0. The van der Waals surface area contributed by atoms with Crippen molar-refractivity contribution in [3.63, 3.8) is 0 Å². The lowest BCUT2D eigenvalue weighted by Gasteiger charge is -2.18. The third kappa shape index (κ3) is 66.9. The molecule has 0 heterocycles. The Labute approximate surface area is 508 Å². The van der Waals surface area contributed by atoms with Crippen molar-refractivity contribution in [3.8, 4) is 0 Å². The zero-order valence-corrected chi connectivity index (χ0v) is 54.0. The van der Waals surface area contributed by atoms with Crippen molar-refractivity contribution in [1.82, 2.24) is 0 Å². The Morgan fingerprint density at radius 1 is 0.256 bits per heavy atom. The van der Waals surface area contributed by atoms with Crippen LogP contribution in [0.3, 0.4) is 0 Å². The van der Waals surface area contributed by atoms with Crippen molar-refractivity contribution < 1.29 is 28.6 Å². The SMILES string of the molecule is CC/C=C\C/C=C\C/C=C\C/C=C\C/C=C\CCCCCCCCCCCCCCCCCCCCCC(=O)OCC(COC(=O)CC/C=C\C/C=C\C/C=C\C/C=C\CC)OC(=O)CCCCCCCCCCCCCCCCCC. The molecule has 6 heteroatoms. The second-order valence-corrected chi connectivity index (χ2v) is 23.0. The molecule has 0 rings (SSSR count). The fourth-order valence-electron chi connectivity index (χ4n) is 9.90. The molecule has 0 radical (unpaired) electrons. The maximum atomic E-state index is 12.9. The van der Waals surface area contributed by atoms with Gasteiger partial charge in [0.1, 0.15) is 13.2 Å². The van der Waals surface area contributed by atoms with Crippen molar-refractivity contribution in [2.24, 2.45) is 0 Å². The van der Waals surface area contributed by atoms with Gasteiger partial charge in [0.15, 0.2) is 6.10 Å². The first-order valence-electron chi connectivity index (χ1n) is 34.9. The van der Waals surface area contributed by atoms with Crippen molar-refractivity contribution in [3.05, 3.63) is 109 Å². The number of hydrogen-bond acceptors (Lipinski definition) is 6. The van der Waals surface area contributed by atoms with Crippen LogP contribution in [0.2, 0.25) is 0 Å². The average molecular weight is 1140 g/mol. The molecule has 1 unspecified atom stereocenters. The van der Waals surface area contributed by atoms with Gasteiger partial charge in [0.2, 0.25) is 0 Å². The van der Waals surface area contributed by atoms with E-state index in [9.17, 15) is 14.4 Å². The molecule has 0 N–H and O–H groups in total. The number of unbranched alkanes of at least 4 members (excludes halogenated alkanes) is 34. The van der Waals surface area contributed by atoms with E-state index in [-0.39, 0.29) is 37.5 Å². The quantitative estimate of drug-likeness (QED) is 0.0261. The number of carbonyl (C=O) groups excluding carboxylic acids is 3. The Bertz CT molecular complexity index is 1640. The van der Waals surface area contributed by atoms with Crippen molar-refractivity contribution in [2.75, 3.05) is 13.2 Å². The van der Waals surface area contributed by atoms with Crippen molar-refractivity contribution in [1.29, 1.82) is 0 Å². The molecule has 0 aliphatic heterocycles. The molecule has 0 fully saturated rings. The monoisotopic (exact) mass is 1140 g/mol. The lowest BCUT2D eigenvalue weighted by Crippen LogP contribution is -2.30. The fraction of sp³-hybridized carbons (Fsp3) is 0.724. The third-order valence-corrected chi connectivity index (χ3v) is 15.0. The van der Waals surface area contributed by atoms with E-state index in [2.05, 4.69) is 124 Å². The summed E-state index contributed by atoms with van der Waals surface area (Å²) in [5.41, 5.74) is 0. The van der Waals surface area contributed by atoms with Crippen LogP contribution in [0, 0.1) is 0 Å². The van der Waals surface area contributed by atoms with Gasteiger partial charge >= 0.3 is 17.9 Å². The van der Waals surface area contributed by atoms with Gasteiger partial charge in [-0.05, 0) is 89.9 Å². The summed E-state index contributed by atoms with van der Waals surface area (Å²) in [5.74, 6) is -0.965. The molecule has 0 aliphatic rings. The van der Waals surface area contributed by atoms with E-state index in [1.54, 1.807) is 0 Å². The summed E-state index contributed by atoms with van der Waals surface area (Å²) < 4.78 is 16.9. The predicted octanol–water partition coefficient (Wildman–Crippen LogP) is 24.2. The van der Waals surface area contributed by atoms with Crippen LogP contribution in [-0.2, 0) is 28.6 Å². The first kappa shape index (κ1) is 78.1. The molecule has 0 amide bonds. The van der Waals surface area contributed by atoms with E-state index in [1.165, 1.54) is 193 Å². The van der Waals surface area contributed by atoms with Gasteiger partial charge in [0, 0.05) is 19.3 Å². The number of carbonyl (C=O) groups is 3. The highest BCUT2D eigenvalue weighted by Gasteiger charge is 2.19. The maximum Gasteiger partial charge on any atom is 0.306 e. The standard InChI is InChI=1S/C76H130O6/c1-4-7-10-13-16-19-22-25-27-29-30-31-32-33-34-35-36-37-38-39-40-41-42-43-44-45-46-47-49-51-54-57-60-63-66-69-75(78)81-72-73(71-80-74(77)68-65-62-59-56-53-50-24-21-18-15-12-9-6-3)82-76(79)70-67-64-61-58-55-52-48-28-26-23-20-17-14-11-8-5-2/h7,9-10,12,16,18-19,21,25,27,30-31,33-34,50,53,59,62,73H,4-6,8,11,13-15,17,20,22-24,26,28-29,32,35-49,51-52,54-58,60-61,63-72H2,1-3H3/b10-7-,12-9-,19-16-,21-18-,27-25-,31-30-,34-33-,53-50-,62-59-. The van der Waals surface area contributed by atoms with Crippen LogP contribution in [0.4, 0.5) is 0 Å². The lowest BCUT2D eigenvalue weighted by molar-refractivity contribution is -0.166. The highest BCUT2D eigenvalue weighted by Crippen LogP contribution is 2.18. The zero-order valence-electron chi connectivity index (χ0n) is 54.0. The summed E-state index contributed by atoms with van der Waals surface area (Å²) in [7, 11) is 0. The van der Waals surface area contributed by atoms with Gasteiger partial charge in [-0.25, -0.2) is 0 Å².